The monoisotopic (exact) mass is 506 g/mol. The molecule has 2 N–H and O–H groups in total. The average molecular weight is 506 g/mol. The van der Waals surface area contributed by atoms with Gasteiger partial charge in [-0.2, -0.15) is 0 Å². The number of fused-ring (bicyclic) bond motifs is 1. The van der Waals surface area contributed by atoms with Crippen molar-refractivity contribution in [3.05, 3.63) is 70.8 Å². The molecule has 1 amide bonds. The van der Waals surface area contributed by atoms with Crippen molar-refractivity contribution in [2.75, 3.05) is 20.1 Å². The lowest BCUT2D eigenvalue weighted by Crippen LogP contribution is -2.38. The van der Waals surface area contributed by atoms with Gasteiger partial charge in [0, 0.05) is 39.6 Å². The number of hydrogen-bond donors (Lipinski definition) is 2. The van der Waals surface area contributed by atoms with Crippen molar-refractivity contribution in [3.8, 4) is 0 Å². The summed E-state index contributed by atoms with van der Waals surface area (Å²) in [5.74, 6) is 0.999. The van der Waals surface area contributed by atoms with E-state index in [2.05, 4.69) is 65.0 Å². The van der Waals surface area contributed by atoms with E-state index in [1.165, 1.54) is 22.3 Å². The number of halogens is 1. The number of aryl methyl sites for hydroxylation is 1. The van der Waals surface area contributed by atoms with Crippen molar-refractivity contribution in [2.45, 2.75) is 39.3 Å². The van der Waals surface area contributed by atoms with E-state index in [0.29, 0.717) is 6.42 Å². The maximum Gasteiger partial charge on any atom is 0.222 e. The van der Waals surface area contributed by atoms with Gasteiger partial charge in [0.25, 0.3) is 0 Å². The number of aliphatic imine (C=N–C) groups is 1. The number of nitrogens with one attached hydrogen (secondary N) is 2. The highest BCUT2D eigenvalue weighted by Gasteiger charge is 2.19. The highest BCUT2D eigenvalue weighted by molar-refractivity contribution is 14.0. The first-order valence-electron chi connectivity index (χ1n) is 10.0. The number of amides is 1. The van der Waals surface area contributed by atoms with Gasteiger partial charge in [0.2, 0.25) is 5.91 Å². The Morgan fingerprint density at radius 3 is 2.52 bits per heavy atom. The van der Waals surface area contributed by atoms with Gasteiger partial charge in [-0.25, -0.2) is 0 Å². The van der Waals surface area contributed by atoms with E-state index in [9.17, 15) is 4.79 Å². The van der Waals surface area contributed by atoms with E-state index in [0.717, 1.165) is 45.0 Å². The third-order valence-corrected chi connectivity index (χ3v) is 5.15. The van der Waals surface area contributed by atoms with Crippen LogP contribution in [0.3, 0.4) is 0 Å². The smallest absolute Gasteiger partial charge is 0.222 e. The molecule has 1 aliphatic rings. The molecule has 0 aliphatic carbocycles. The molecule has 0 fully saturated rings. The second kappa shape index (κ2) is 11.8. The van der Waals surface area contributed by atoms with Crippen molar-refractivity contribution < 1.29 is 4.79 Å². The number of carbonyl (C=O) groups excluding carboxylic acids is 1. The first-order valence-corrected chi connectivity index (χ1v) is 10.0. The molecule has 1 aliphatic heterocycles. The minimum Gasteiger partial charge on any atom is -0.356 e. The van der Waals surface area contributed by atoms with Gasteiger partial charge in [-0.05, 0) is 36.5 Å². The third kappa shape index (κ3) is 7.03. The molecular weight excluding hydrogens is 475 g/mol. The Hall–Kier alpha value is -2.09. The van der Waals surface area contributed by atoms with Crippen LogP contribution in [-0.4, -0.2) is 36.9 Å². The summed E-state index contributed by atoms with van der Waals surface area (Å²) in [6.07, 6.45) is 2.31. The normalized spacial score (nSPS) is 13.3. The van der Waals surface area contributed by atoms with E-state index in [-0.39, 0.29) is 29.9 Å². The Labute approximate surface area is 191 Å². The summed E-state index contributed by atoms with van der Waals surface area (Å²) < 4.78 is 0. The van der Waals surface area contributed by atoms with Crippen molar-refractivity contribution in [1.82, 2.24) is 15.5 Å². The summed E-state index contributed by atoms with van der Waals surface area (Å²) in [5, 5.41) is 6.60. The summed E-state index contributed by atoms with van der Waals surface area (Å²) in [5.41, 5.74) is 5.12. The Bertz CT molecular complexity index is 820. The topological polar surface area (TPSA) is 56.7 Å². The molecule has 3 rings (SSSR count). The molecule has 29 heavy (non-hydrogen) atoms. The van der Waals surface area contributed by atoms with Crippen LogP contribution in [0.2, 0.25) is 0 Å². The van der Waals surface area contributed by atoms with E-state index < -0.39 is 0 Å². The Morgan fingerprint density at radius 1 is 1.07 bits per heavy atom. The molecular formula is C23H31IN4O. The first kappa shape index (κ1) is 23.2. The molecule has 0 spiro atoms. The molecule has 2 aromatic rings. The summed E-state index contributed by atoms with van der Waals surface area (Å²) in [6.45, 7) is 5.10. The van der Waals surface area contributed by atoms with Crippen LogP contribution in [0.5, 0.6) is 0 Å². The van der Waals surface area contributed by atoms with Gasteiger partial charge >= 0.3 is 0 Å². The standard InChI is InChI=1S/C23H30N4O.HI/c1-18-9-11-19(12-10-18)16-26-23(24-2)25-14-5-8-22(28)27-15-13-20-6-3-4-7-21(20)17-27;/h3-4,6-7,9-12H,5,8,13-17H2,1-2H3,(H2,24,25,26);1H. The molecule has 5 nitrogen and oxygen atoms in total. The van der Waals surface area contributed by atoms with Gasteiger partial charge in [0.1, 0.15) is 0 Å². The van der Waals surface area contributed by atoms with Gasteiger partial charge in [0.05, 0.1) is 0 Å². The number of benzene rings is 2. The van der Waals surface area contributed by atoms with Crippen LogP contribution in [0, 0.1) is 6.92 Å². The summed E-state index contributed by atoms with van der Waals surface area (Å²) in [6, 6.07) is 16.9. The van der Waals surface area contributed by atoms with Crippen LogP contribution >= 0.6 is 24.0 Å². The van der Waals surface area contributed by atoms with E-state index in [4.69, 9.17) is 0 Å². The zero-order valence-electron chi connectivity index (χ0n) is 17.3. The highest BCUT2D eigenvalue weighted by Crippen LogP contribution is 2.19. The number of guanidine groups is 1. The summed E-state index contributed by atoms with van der Waals surface area (Å²) in [7, 11) is 1.76. The molecule has 1 heterocycles. The maximum atomic E-state index is 12.5. The lowest BCUT2D eigenvalue weighted by molar-refractivity contribution is -0.132. The molecule has 0 bridgehead atoms. The molecule has 0 radical (unpaired) electrons. The SMILES string of the molecule is CN=C(NCCCC(=O)N1CCc2ccccc2C1)NCc1ccc(C)cc1.I. The van der Waals surface area contributed by atoms with E-state index >= 15 is 0 Å². The van der Waals surface area contributed by atoms with Gasteiger partial charge < -0.3 is 15.5 Å². The minimum atomic E-state index is 0. The van der Waals surface area contributed by atoms with Crippen molar-refractivity contribution in [1.29, 1.82) is 0 Å². The number of carbonyl (C=O) groups is 1. The van der Waals surface area contributed by atoms with Crippen LogP contribution in [0.15, 0.2) is 53.5 Å². The van der Waals surface area contributed by atoms with Crippen LogP contribution in [0.25, 0.3) is 0 Å². The summed E-state index contributed by atoms with van der Waals surface area (Å²) >= 11 is 0. The molecule has 2 aromatic carbocycles. The molecule has 0 atom stereocenters. The van der Waals surface area contributed by atoms with Crippen LogP contribution in [-0.2, 0) is 24.3 Å². The fraction of sp³-hybridized carbons (Fsp3) is 0.391. The van der Waals surface area contributed by atoms with Crippen molar-refractivity contribution >= 4 is 35.8 Å². The predicted molar refractivity (Wildman–Crippen MR) is 130 cm³/mol. The van der Waals surface area contributed by atoms with Gasteiger partial charge in [-0.1, -0.05) is 54.1 Å². The first-order chi connectivity index (χ1) is 13.7. The molecule has 0 aromatic heterocycles. The number of nitrogens with zero attached hydrogens (tertiary/aromatic N) is 2. The molecule has 6 heteroatoms. The number of rotatable bonds is 6. The predicted octanol–water partition coefficient (Wildman–Crippen LogP) is 3.64. The Kier molecular flexibility index (Phi) is 9.44. The minimum absolute atomic E-state index is 0. The quantitative estimate of drug-likeness (QED) is 0.272. The summed E-state index contributed by atoms with van der Waals surface area (Å²) in [4.78, 5) is 18.7. The lowest BCUT2D eigenvalue weighted by atomic mass is 9.99. The Morgan fingerprint density at radius 2 is 1.79 bits per heavy atom. The largest absolute Gasteiger partial charge is 0.356 e. The van der Waals surface area contributed by atoms with Gasteiger partial charge in [-0.15, -0.1) is 24.0 Å². The fourth-order valence-electron chi connectivity index (χ4n) is 3.43. The highest BCUT2D eigenvalue weighted by atomic mass is 127. The third-order valence-electron chi connectivity index (χ3n) is 5.15. The second-order valence-corrected chi connectivity index (χ2v) is 7.28. The molecule has 0 unspecified atom stereocenters. The van der Waals surface area contributed by atoms with Crippen molar-refractivity contribution in [2.24, 2.45) is 4.99 Å². The van der Waals surface area contributed by atoms with Crippen LogP contribution < -0.4 is 10.6 Å². The number of hydrogen-bond acceptors (Lipinski definition) is 2. The van der Waals surface area contributed by atoms with Gasteiger partial charge in [0.15, 0.2) is 5.96 Å². The van der Waals surface area contributed by atoms with Crippen molar-refractivity contribution in [3.63, 3.8) is 0 Å². The van der Waals surface area contributed by atoms with Gasteiger partial charge in [-0.3, -0.25) is 9.79 Å². The molecule has 0 saturated carbocycles. The zero-order valence-corrected chi connectivity index (χ0v) is 19.6. The fourth-order valence-corrected chi connectivity index (χ4v) is 3.43. The molecule has 156 valence electrons. The molecule has 0 saturated heterocycles. The second-order valence-electron chi connectivity index (χ2n) is 7.28. The maximum absolute atomic E-state index is 12.5. The zero-order chi connectivity index (χ0) is 19.8. The van der Waals surface area contributed by atoms with Crippen LogP contribution in [0.1, 0.15) is 35.1 Å². The Balaban J connectivity index is 0.00000300. The lowest BCUT2D eigenvalue weighted by Gasteiger charge is -2.29. The van der Waals surface area contributed by atoms with E-state index in [1.54, 1.807) is 7.05 Å². The van der Waals surface area contributed by atoms with E-state index in [1.807, 2.05) is 11.0 Å². The average Bonchev–Trinajstić information content (AvgIpc) is 2.74. The van der Waals surface area contributed by atoms with Crippen LogP contribution in [0.4, 0.5) is 0 Å².